The number of carbonyl (C=O) groups is 1. The Morgan fingerprint density at radius 3 is 2.95 bits per heavy atom. The highest BCUT2D eigenvalue weighted by Crippen LogP contribution is 2.17. The lowest BCUT2D eigenvalue weighted by molar-refractivity contribution is 0.0743. The first-order valence-corrected chi connectivity index (χ1v) is 6.84. The van der Waals surface area contributed by atoms with E-state index in [9.17, 15) is 4.79 Å². The zero-order chi connectivity index (χ0) is 13.9. The van der Waals surface area contributed by atoms with Gasteiger partial charge >= 0.3 is 0 Å². The van der Waals surface area contributed by atoms with Crippen LogP contribution in [0, 0.1) is 0 Å². The molecule has 0 saturated carbocycles. The molecule has 5 heteroatoms. The van der Waals surface area contributed by atoms with Gasteiger partial charge in [-0.2, -0.15) is 5.10 Å². The molecule has 1 saturated heterocycles. The van der Waals surface area contributed by atoms with Gasteiger partial charge in [0.2, 0.25) is 0 Å². The summed E-state index contributed by atoms with van der Waals surface area (Å²) in [6.07, 6.45) is 4.57. The summed E-state index contributed by atoms with van der Waals surface area (Å²) in [5, 5.41) is 7.51. The molecule has 20 heavy (non-hydrogen) atoms. The second-order valence-corrected chi connectivity index (χ2v) is 5.03. The number of hydrogen-bond acceptors (Lipinski definition) is 3. The van der Waals surface area contributed by atoms with Crippen molar-refractivity contribution in [3.05, 3.63) is 48.3 Å². The summed E-state index contributed by atoms with van der Waals surface area (Å²) in [7, 11) is 1.87. The van der Waals surface area contributed by atoms with E-state index in [0.29, 0.717) is 5.56 Å². The minimum atomic E-state index is 0.0461. The first kappa shape index (κ1) is 12.9. The van der Waals surface area contributed by atoms with Crippen LogP contribution in [0.3, 0.4) is 0 Å². The summed E-state index contributed by atoms with van der Waals surface area (Å²) in [5.74, 6) is 0.0461. The molecular formula is C15H18N4O. The highest BCUT2D eigenvalue weighted by Gasteiger charge is 2.25. The van der Waals surface area contributed by atoms with Crippen LogP contribution in [-0.2, 0) is 0 Å². The van der Waals surface area contributed by atoms with Crippen molar-refractivity contribution in [1.29, 1.82) is 0 Å². The molecule has 1 aromatic carbocycles. The van der Waals surface area contributed by atoms with E-state index in [1.165, 1.54) is 0 Å². The van der Waals surface area contributed by atoms with Crippen molar-refractivity contribution >= 4 is 5.91 Å². The Kier molecular flexibility index (Phi) is 3.52. The van der Waals surface area contributed by atoms with Crippen LogP contribution in [0.4, 0.5) is 0 Å². The zero-order valence-electron chi connectivity index (χ0n) is 11.5. The van der Waals surface area contributed by atoms with Crippen molar-refractivity contribution < 1.29 is 4.79 Å². The van der Waals surface area contributed by atoms with Crippen molar-refractivity contribution in [3.8, 4) is 5.69 Å². The van der Waals surface area contributed by atoms with E-state index in [1.807, 2.05) is 48.5 Å². The van der Waals surface area contributed by atoms with Gasteiger partial charge in [0, 0.05) is 32.0 Å². The normalized spacial score (nSPS) is 18.1. The van der Waals surface area contributed by atoms with E-state index < -0.39 is 0 Å². The van der Waals surface area contributed by atoms with Crippen molar-refractivity contribution in [2.45, 2.75) is 12.5 Å². The Morgan fingerprint density at radius 2 is 2.25 bits per heavy atom. The van der Waals surface area contributed by atoms with E-state index in [1.54, 1.807) is 10.9 Å². The van der Waals surface area contributed by atoms with Gasteiger partial charge in [0.25, 0.3) is 5.91 Å². The van der Waals surface area contributed by atoms with Gasteiger partial charge in [-0.05, 0) is 31.2 Å². The maximum Gasteiger partial charge on any atom is 0.256 e. The van der Waals surface area contributed by atoms with E-state index in [4.69, 9.17) is 0 Å². The van der Waals surface area contributed by atoms with Crippen LogP contribution in [0.25, 0.3) is 5.69 Å². The number of rotatable bonds is 3. The third-order valence-corrected chi connectivity index (χ3v) is 3.79. The van der Waals surface area contributed by atoms with E-state index in [-0.39, 0.29) is 11.9 Å². The lowest BCUT2D eigenvalue weighted by Crippen LogP contribution is -2.38. The highest BCUT2D eigenvalue weighted by molar-refractivity contribution is 5.97. The van der Waals surface area contributed by atoms with Crippen molar-refractivity contribution in [3.63, 3.8) is 0 Å². The molecule has 2 heterocycles. The molecule has 3 rings (SSSR count). The van der Waals surface area contributed by atoms with Gasteiger partial charge in [-0.1, -0.05) is 12.1 Å². The van der Waals surface area contributed by atoms with Crippen LogP contribution in [0.1, 0.15) is 16.8 Å². The fourth-order valence-corrected chi connectivity index (χ4v) is 2.59. The predicted molar refractivity (Wildman–Crippen MR) is 76.9 cm³/mol. The van der Waals surface area contributed by atoms with Crippen LogP contribution in [-0.4, -0.2) is 46.8 Å². The summed E-state index contributed by atoms with van der Waals surface area (Å²) < 4.78 is 1.73. The summed E-state index contributed by atoms with van der Waals surface area (Å²) in [6.45, 7) is 1.84. The van der Waals surface area contributed by atoms with Crippen LogP contribution in [0.5, 0.6) is 0 Å². The van der Waals surface area contributed by atoms with Crippen LogP contribution < -0.4 is 5.32 Å². The van der Waals surface area contributed by atoms with Gasteiger partial charge in [-0.25, -0.2) is 4.68 Å². The molecule has 1 aliphatic rings. The fourth-order valence-electron chi connectivity index (χ4n) is 2.59. The Morgan fingerprint density at radius 1 is 1.40 bits per heavy atom. The zero-order valence-corrected chi connectivity index (χ0v) is 11.5. The molecule has 5 nitrogen and oxygen atoms in total. The average Bonchev–Trinajstić information content (AvgIpc) is 3.18. The van der Waals surface area contributed by atoms with E-state index >= 15 is 0 Å². The topological polar surface area (TPSA) is 50.2 Å². The van der Waals surface area contributed by atoms with Gasteiger partial charge in [-0.15, -0.1) is 0 Å². The number of nitrogens with zero attached hydrogens (tertiary/aromatic N) is 3. The molecule has 1 amide bonds. The molecule has 1 N–H and O–H groups in total. The van der Waals surface area contributed by atoms with Crippen LogP contribution >= 0.6 is 0 Å². The van der Waals surface area contributed by atoms with E-state index in [2.05, 4.69) is 10.4 Å². The fraction of sp³-hybridized carbons (Fsp3) is 0.333. The first-order chi connectivity index (χ1) is 9.77. The van der Waals surface area contributed by atoms with Gasteiger partial charge in [0.1, 0.15) is 0 Å². The molecular weight excluding hydrogens is 252 g/mol. The summed E-state index contributed by atoms with van der Waals surface area (Å²) in [5.41, 5.74) is 1.51. The largest absolute Gasteiger partial charge is 0.337 e. The number of benzene rings is 1. The molecule has 1 fully saturated rings. The monoisotopic (exact) mass is 270 g/mol. The number of nitrogens with one attached hydrogen (secondary N) is 1. The predicted octanol–water partition coefficient (Wildman–Crippen LogP) is 1.31. The first-order valence-electron chi connectivity index (χ1n) is 6.84. The smallest absolute Gasteiger partial charge is 0.256 e. The Hall–Kier alpha value is -2.14. The number of amides is 1. The molecule has 0 unspecified atom stereocenters. The summed E-state index contributed by atoms with van der Waals surface area (Å²) in [6, 6.07) is 9.71. The SMILES string of the molecule is CN(C(=O)c1ccccc1-n1cccn1)[C@@H]1CCNC1. The second-order valence-electron chi connectivity index (χ2n) is 5.03. The van der Waals surface area contributed by atoms with Gasteiger partial charge in [-0.3, -0.25) is 4.79 Å². The molecule has 1 atom stereocenters. The third kappa shape index (κ3) is 2.32. The quantitative estimate of drug-likeness (QED) is 0.915. The maximum absolute atomic E-state index is 12.7. The minimum Gasteiger partial charge on any atom is -0.337 e. The third-order valence-electron chi connectivity index (χ3n) is 3.79. The lowest BCUT2D eigenvalue weighted by atomic mass is 10.1. The summed E-state index contributed by atoms with van der Waals surface area (Å²) >= 11 is 0. The van der Waals surface area contributed by atoms with Crippen molar-refractivity contribution in [2.24, 2.45) is 0 Å². The number of carbonyl (C=O) groups excluding carboxylic acids is 1. The number of likely N-dealkylation sites (N-methyl/N-ethyl adjacent to an activating group) is 1. The Bertz CT molecular complexity index is 588. The Labute approximate surface area is 118 Å². The molecule has 2 aromatic rings. The number of para-hydroxylation sites is 1. The lowest BCUT2D eigenvalue weighted by Gasteiger charge is -2.24. The average molecular weight is 270 g/mol. The van der Waals surface area contributed by atoms with Crippen LogP contribution in [0.15, 0.2) is 42.7 Å². The van der Waals surface area contributed by atoms with Gasteiger partial charge in [0.15, 0.2) is 0 Å². The van der Waals surface area contributed by atoms with Gasteiger partial charge in [0.05, 0.1) is 11.3 Å². The molecule has 104 valence electrons. The van der Waals surface area contributed by atoms with Crippen molar-refractivity contribution in [1.82, 2.24) is 20.0 Å². The number of hydrogen-bond donors (Lipinski definition) is 1. The molecule has 0 aliphatic carbocycles. The van der Waals surface area contributed by atoms with E-state index in [0.717, 1.165) is 25.2 Å². The van der Waals surface area contributed by atoms with Gasteiger partial charge < -0.3 is 10.2 Å². The molecule has 1 aromatic heterocycles. The highest BCUT2D eigenvalue weighted by atomic mass is 16.2. The van der Waals surface area contributed by atoms with Crippen molar-refractivity contribution in [2.75, 3.05) is 20.1 Å². The summed E-state index contributed by atoms with van der Waals surface area (Å²) in [4.78, 5) is 14.5. The molecule has 1 aliphatic heterocycles. The Balaban J connectivity index is 1.91. The minimum absolute atomic E-state index is 0.0461. The van der Waals surface area contributed by atoms with Crippen LogP contribution in [0.2, 0.25) is 0 Å². The standard InChI is InChI=1S/C15H18N4O/c1-18(12-7-9-16-11-12)15(20)13-5-2-3-6-14(13)19-10-4-8-17-19/h2-6,8,10,12,16H,7,9,11H2,1H3/t12-/m1/s1. The molecule has 0 bridgehead atoms. The second kappa shape index (κ2) is 5.46. The molecule has 0 radical (unpaired) electrons. The molecule has 0 spiro atoms. The number of aromatic nitrogens is 2. The maximum atomic E-state index is 12.7.